The van der Waals surface area contributed by atoms with Crippen molar-refractivity contribution in [2.24, 2.45) is 11.3 Å². The van der Waals surface area contributed by atoms with Crippen LogP contribution in [0.5, 0.6) is 0 Å². The van der Waals surface area contributed by atoms with Gasteiger partial charge >= 0.3 is 0 Å². The second-order valence-electron chi connectivity index (χ2n) is 5.57. The molecule has 1 fully saturated rings. The predicted octanol–water partition coefficient (Wildman–Crippen LogP) is 1.23. The van der Waals surface area contributed by atoms with Crippen molar-refractivity contribution >= 4 is 23.5 Å². The SMILES string of the molecule is CC.CNCC1([C@H](C=O)CC(O)/C=C(\C)NC(C)=S)CNC1. The summed E-state index contributed by atoms with van der Waals surface area (Å²) in [5, 5.41) is 19.5. The Kier molecular flexibility index (Phi) is 10.4. The number of aliphatic hydroxyl groups is 1. The molecule has 6 heteroatoms. The largest absolute Gasteiger partial charge is 0.389 e. The Bertz CT molecular complexity index is 382. The molecular formula is C16H31N3O2S. The van der Waals surface area contributed by atoms with Crippen LogP contribution < -0.4 is 16.0 Å². The first-order valence-electron chi connectivity index (χ1n) is 7.88. The first-order chi connectivity index (χ1) is 10.4. The van der Waals surface area contributed by atoms with E-state index in [9.17, 15) is 9.90 Å². The van der Waals surface area contributed by atoms with Crippen molar-refractivity contribution in [3.8, 4) is 0 Å². The summed E-state index contributed by atoms with van der Waals surface area (Å²) in [7, 11) is 1.88. The van der Waals surface area contributed by atoms with E-state index in [0.717, 1.165) is 31.6 Å². The molecule has 1 heterocycles. The Labute approximate surface area is 139 Å². The van der Waals surface area contributed by atoms with Gasteiger partial charge in [0.25, 0.3) is 0 Å². The zero-order valence-corrected chi connectivity index (χ0v) is 15.2. The maximum atomic E-state index is 11.4. The number of hydrogen-bond donors (Lipinski definition) is 4. The second kappa shape index (κ2) is 10.8. The molecule has 0 aromatic heterocycles. The highest BCUT2D eigenvalue weighted by Crippen LogP contribution is 2.33. The molecule has 1 unspecified atom stereocenters. The van der Waals surface area contributed by atoms with Gasteiger partial charge in [0.15, 0.2) is 0 Å². The first kappa shape index (κ1) is 21.2. The number of aliphatic hydroxyl groups excluding tert-OH is 1. The van der Waals surface area contributed by atoms with Gasteiger partial charge < -0.3 is 25.9 Å². The number of aldehydes is 1. The summed E-state index contributed by atoms with van der Waals surface area (Å²) in [4.78, 5) is 12.1. The van der Waals surface area contributed by atoms with Gasteiger partial charge in [0.1, 0.15) is 6.29 Å². The molecule has 0 aromatic carbocycles. The highest BCUT2D eigenvalue weighted by Gasteiger charge is 2.43. The Morgan fingerprint density at radius 3 is 2.36 bits per heavy atom. The monoisotopic (exact) mass is 329 g/mol. The Morgan fingerprint density at radius 1 is 1.41 bits per heavy atom. The van der Waals surface area contributed by atoms with Gasteiger partial charge in [-0.1, -0.05) is 26.1 Å². The van der Waals surface area contributed by atoms with Gasteiger partial charge in [-0.15, -0.1) is 0 Å². The molecular weight excluding hydrogens is 298 g/mol. The van der Waals surface area contributed by atoms with Crippen LogP contribution in [0.1, 0.15) is 34.1 Å². The summed E-state index contributed by atoms with van der Waals surface area (Å²) in [5.41, 5.74) is 0.733. The molecule has 0 amide bonds. The third-order valence-corrected chi connectivity index (χ3v) is 3.85. The molecule has 0 bridgehead atoms. The number of nitrogens with one attached hydrogen (secondary N) is 3. The molecule has 2 atom stereocenters. The van der Waals surface area contributed by atoms with Crippen LogP contribution in [0.15, 0.2) is 11.8 Å². The fraction of sp³-hybridized carbons (Fsp3) is 0.750. The number of hydrogen-bond acceptors (Lipinski definition) is 5. The van der Waals surface area contributed by atoms with Gasteiger partial charge in [0.2, 0.25) is 0 Å². The van der Waals surface area contributed by atoms with E-state index in [0.29, 0.717) is 11.4 Å². The van der Waals surface area contributed by atoms with Crippen molar-refractivity contribution in [2.75, 3.05) is 26.7 Å². The van der Waals surface area contributed by atoms with Crippen molar-refractivity contribution < 1.29 is 9.90 Å². The third-order valence-electron chi connectivity index (χ3n) is 3.74. The first-order valence-corrected chi connectivity index (χ1v) is 8.29. The molecule has 1 rings (SSSR count). The molecule has 0 radical (unpaired) electrons. The van der Waals surface area contributed by atoms with Gasteiger partial charge in [0.05, 0.1) is 11.1 Å². The molecule has 128 valence electrons. The average Bonchev–Trinajstić information content (AvgIpc) is 2.41. The highest BCUT2D eigenvalue weighted by atomic mass is 32.1. The summed E-state index contributed by atoms with van der Waals surface area (Å²) in [6.45, 7) is 10.0. The van der Waals surface area contributed by atoms with Crippen molar-refractivity contribution in [2.45, 2.75) is 40.2 Å². The van der Waals surface area contributed by atoms with Crippen LogP contribution in [-0.4, -0.2) is 49.2 Å². The van der Waals surface area contributed by atoms with E-state index in [4.69, 9.17) is 12.2 Å². The lowest BCUT2D eigenvalue weighted by molar-refractivity contribution is -0.117. The molecule has 22 heavy (non-hydrogen) atoms. The molecule has 4 N–H and O–H groups in total. The van der Waals surface area contributed by atoms with E-state index in [-0.39, 0.29) is 11.3 Å². The van der Waals surface area contributed by atoms with Crippen molar-refractivity contribution in [3.05, 3.63) is 11.8 Å². The van der Waals surface area contributed by atoms with Gasteiger partial charge in [-0.25, -0.2) is 0 Å². The van der Waals surface area contributed by atoms with Gasteiger partial charge in [0, 0.05) is 36.7 Å². The van der Waals surface area contributed by atoms with Crippen LogP contribution in [0.2, 0.25) is 0 Å². The normalized spacial score (nSPS) is 19.1. The summed E-state index contributed by atoms with van der Waals surface area (Å²) >= 11 is 4.95. The highest BCUT2D eigenvalue weighted by molar-refractivity contribution is 7.80. The van der Waals surface area contributed by atoms with Crippen LogP contribution >= 0.6 is 12.2 Å². The molecule has 0 saturated carbocycles. The van der Waals surface area contributed by atoms with Crippen molar-refractivity contribution in [1.82, 2.24) is 16.0 Å². The zero-order chi connectivity index (χ0) is 17.2. The van der Waals surface area contributed by atoms with E-state index >= 15 is 0 Å². The molecule has 1 saturated heterocycles. The van der Waals surface area contributed by atoms with Crippen LogP contribution in [0.3, 0.4) is 0 Å². The van der Waals surface area contributed by atoms with Gasteiger partial charge in [-0.3, -0.25) is 0 Å². The lowest BCUT2D eigenvalue weighted by Gasteiger charge is -2.47. The molecule has 0 spiro atoms. The van der Waals surface area contributed by atoms with E-state index in [1.807, 2.05) is 27.8 Å². The molecule has 1 aliphatic heterocycles. The molecule has 5 nitrogen and oxygen atoms in total. The molecule has 0 aromatic rings. The third kappa shape index (κ3) is 6.52. The van der Waals surface area contributed by atoms with Crippen LogP contribution in [0.4, 0.5) is 0 Å². The fourth-order valence-corrected chi connectivity index (χ4v) is 2.86. The van der Waals surface area contributed by atoms with E-state index in [2.05, 4.69) is 16.0 Å². The Hall–Kier alpha value is -0.820. The Balaban J connectivity index is 0.00000211. The standard InChI is InChI=1S/C14H25N3O2S.C2H6/c1-10(17-11(2)20)4-13(19)5-12(6-18)14(7-15-3)8-16-9-14;1-2/h4,6,12-13,15-16,19H,5,7-9H2,1-3H3,(H,17,20);1-2H3/b10-4+;/t12-,13?;/m0./s1. The zero-order valence-electron chi connectivity index (χ0n) is 14.4. The summed E-state index contributed by atoms with van der Waals surface area (Å²) in [6.07, 6.45) is 2.47. The lowest BCUT2D eigenvalue weighted by atomic mass is 9.69. The predicted molar refractivity (Wildman–Crippen MR) is 95.9 cm³/mol. The fourth-order valence-electron chi connectivity index (χ4n) is 2.70. The lowest BCUT2D eigenvalue weighted by Crippen LogP contribution is -2.62. The van der Waals surface area contributed by atoms with Crippen molar-refractivity contribution in [1.29, 1.82) is 0 Å². The van der Waals surface area contributed by atoms with Crippen molar-refractivity contribution in [3.63, 3.8) is 0 Å². The number of allylic oxidation sites excluding steroid dienone is 1. The minimum Gasteiger partial charge on any atom is -0.389 e. The minimum atomic E-state index is -0.651. The quantitative estimate of drug-likeness (QED) is 0.396. The topological polar surface area (TPSA) is 73.4 Å². The number of rotatable bonds is 8. The molecule has 1 aliphatic rings. The van der Waals surface area contributed by atoms with Crippen LogP contribution in [0, 0.1) is 11.3 Å². The van der Waals surface area contributed by atoms with E-state index in [1.54, 1.807) is 13.0 Å². The van der Waals surface area contributed by atoms with E-state index in [1.165, 1.54) is 0 Å². The number of carbonyl (C=O) groups excluding carboxylic acids is 1. The smallest absolute Gasteiger partial charge is 0.123 e. The van der Waals surface area contributed by atoms with Crippen LogP contribution in [0.25, 0.3) is 0 Å². The number of thiocarbonyl (C=S) groups is 1. The number of carbonyl (C=O) groups is 1. The van der Waals surface area contributed by atoms with E-state index < -0.39 is 6.10 Å². The summed E-state index contributed by atoms with van der Waals surface area (Å²) in [5.74, 6) is -0.163. The molecule has 0 aliphatic carbocycles. The maximum absolute atomic E-state index is 11.4. The minimum absolute atomic E-state index is 0.0767. The Morgan fingerprint density at radius 2 is 2.00 bits per heavy atom. The second-order valence-corrected chi connectivity index (χ2v) is 6.19. The summed E-state index contributed by atoms with van der Waals surface area (Å²) < 4.78 is 0. The summed E-state index contributed by atoms with van der Waals surface area (Å²) in [6, 6.07) is 0. The van der Waals surface area contributed by atoms with Gasteiger partial charge in [-0.05, 0) is 33.4 Å². The van der Waals surface area contributed by atoms with Crippen LogP contribution in [-0.2, 0) is 4.79 Å². The average molecular weight is 330 g/mol. The van der Waals surface area contributed by atoms with Gasteiger partial charge in [-0.2, -0.15) is 0 Å². The maximum Gasteiger partial charge on any atom is 0.123 e.